The molecule has 2 heterocycles. The lowest BCUT2D eigenvalue weighted by Gasteiger charge is -2.55. The minimum atomic E-state index is 0.601. The van der Waals surface area contributed by atoms with Gasteiger partial charge in [0.25, 0.3) is 0 Å². The van der Waals surface area contributed by atoms with E-state index in [0.717, 1.165) is 71.0 Å². The molecule has 2 nitrogen and oxygen atoms in total. The van der Waals surface area contributed by atoms with Crippen LogP contribution in [0.4, 0.5) is 0 Å². The second-order valence-electron chi connectivity index (χ2n) is 27.1. The monoisotopic (exact) mass is 989 g/mol. The third-order valence-electron chi connectivity index (χ3n) is 19.2. The van der Waals surface area contributed by atoms with Crippen molar-refractivity contribution in [2.45, 2.75) is 299 Å². The van der Waals surface area contributed by atoms with Crippen LogP contribution in [0, 0.1) is 92.7 Å². The molecule has 0 unspecified atom stereocenters. The summed E-state index contributed by atoms with van der Waals surface area (Å²) in [5.74, 6) is 10.0. The SMILES string of the molecule is CCCC(=C(C)C)C(C)C.CCCC(C(C)C)C(C)C.CCCC(CCC)(C(C)C)C(C)C.CCCC(CCC)(C(C)C)C(C)C.CCN1CC(C(C)C)(C(C)C)C1.CCN1CC(C(C)C)(C(C)C)C1. The third-order valence-corrected chi connectivity index (χ3v) is 19.2. The molecule has 0 saturated carbocycles. The Morgan fingerprint density at radius 3 is 0.743 bits per heavy atom. The van der Waals surface area contributed by atoms with Gasteiger partial charge in [0, 0.05) is 37.0 Å². The molecule has 0 aromatic carbocycles. The Morgan fingerprint density at radius 1 is 0.386 bits per heavy atom. The first kappa shape index (κ1) is 76.2. The molecule has 70 heavy (non-hydrogen) atoms. The zero-order valence-electron chi connectivity index (χ0n) is 55.6. The van der Waals surface area contributed by atoms with Gasteiger partial charge in [0.2, 0.25) is 0 Å². The van der Waals surface area contributed by atoms with E-state index in [1.165, 1.54) is 122 Å². The van der Waals surface area contributed by atoms with Gasteiger partial charge in [-0.25, -0.2) is 0 Å². The highest BCUT2D eigenvalue weighted by Gasteiger charge is 2.47. The van der Waals surface area contributed by atoms with Crippen LogP contribution in [-0.2, 0) is 0 Å². The lowest BCUT2D eigenvalue weighted by atomic mass is 9.64. The van der Waals surface area contributed by atoms with E-state index >= 15 is 0 Å². The van der Waals surface area contributed by atoms with Gasteiger partial charge in [-0.1, -0.05) is 264 Å². The van der Waals surface area contributed by atoms with Gasteiger partial charge in [-0.2, -0.15) is 0 Å². The van der Waals surface area contributed by atoms with Crippen LogP contribution in [0.1, 0.15) is 299 Å². The van der Waals surface area contributed by atoms with Crippen LogP contribution in [0.2, 0.25) is 0 Å². The zero-order chi connectivity index (χ0) is 56.0. The van der Waals surface area contributed by atoms with Gasteiger partial charge in [-0.3, -0.25) is 0 Å². The van der Waals surface area contributed by atoms with Crippen molar-refractivity contribution in [2.24, 2.45) is 92.7 Å². The van der Waals surface area contributed by atoms with E-state index in [1.54, 1.807) is 5.57 Å². The van der Waals surface area contributed by atoms with E-state index in [-0.39, 0.29) is 0 Å². The molecule has 2 aliphatic heterocycles. The van der Waals surface area contributed by atoms with Gasteiger partial charge in [-0.15, -0.1) is 0 Å². The molecule has 2 aliphatic rings. The quantitative estimate of drug-likeness (QED) is 0.0841. The molecule has 0 atom stereocenters. The van der Waals surface area contributed by atoms with E-state index in [0.29, 0.717) is 21.7 Å². The van der Waals surface area contributed by atoms with E-state index in [4.69, 9.17) is 0 Å². The minimum Gasteiger partial charge on any atom is -0.302 e. The highest BCUT2D eigenvalue weighted by atomic mass is 15.2. The Morgan fingerprint density at radius 2 is 0.643 bits per heavy atom. The fourth-order valence-electron chi connectivity index (χ4n) is 13.7. The maximum absolute atomic E-state index is 2.54. The van der Waals surface area contributed by atoms with E-state index in [1.807, 2.05) is 0 Å². The van der Waals surface area contributed by atoms with Gasteiger partial charge < -0.3 is 9.80 Å². The summed E-state index contributed by atoms with van der Waals surface area (Å²) in [5, 5.41) is 0. The predicted octanol–water partition coefficient (Wildman–Crippen LogP) is 22.5. The maximum Gasteiger partial charge on any atom is 0.00553 e. The molecule has 0 aromatic rings. The van der Waals surface area contributed by atoms with Crippen molar-refractivity contribution in [1.82, 2.24) is 9.80 Å². The molecule has 2 fully saturated rings. The highest BCUT2D eigenvalue weighted by Crippen LogP contribution is 2.47. The Bertz CT molecular complexity index is 1080. The number of likely N-dealkylation sites (tertiary alicyclic amines) is 2. The molecule has 0 bridgehead atoms. The fraction of sp³-hybridized carbons (Fsp3) is 0.971. The van der Waals surface area contributed by atoms with Crippen LogP contribution >= 0.6 is 0 Å². The largest absolute Gasteiger partial charge is 0.302 e. The molecule has 0 spiro atoms. The normalized spacial score (nSPS) is 15.9. The molecular formula is C68H144N2. The number of hydrogen-bond acceptors (Lipinski definition) is 2. The molecule has 0 amide bonds. The minimum absolute atomic E-state index is 0.601. The molecule has 2 saturated heterocycles. The van der Waals surface area contributed by atoms with Crippen LogP contribution in [0.3, 0.4) is 0 Å². The molecule has 426 valence electrons. The Hall–Kier alpha value is -0.340. The standard InChI is InChI=1S/2C13H28.2C11H23N.C10H22.C10H20/c2*1-7-9-13(10-8-2,11(3)4)12(5)6;2*1-6-12-7-11(8-12,9(2)3)10(4)5;2*1-6-7-10(8(2)3)9(4)5/h2*11-12H,7-10H2,1-6H3;2*9-10H,6-8H2,1-5H3;8-10H,6-7H2,1-5H3;8H,6-7H2,1-5H3. The van der Waals surface area contributed by atoms with Gasteiger partial charge >= 0.3 is 0 Å². The summed E-state index contributed by atoms with van der Waals surface area (Å²) >= 11 is 0. The summed E-state index contributed by atoms with van der Waals surface area (Å²) in [6, 6.07) is 0. The summed E-state index contributed by atoms with van der Waals surface area (Å²) in [6.07, 6.45) is 16.2. The van der Waals surface area contributed by atoms with Crippen molar-refractivity contribution >= 4 is 0 Å². The van der Waals surface area contributed by atoms with Crippen molar-refractivity contribution in [3.8, 4) is 0 Å². The molecule has 0 aromatic heterocycles. The maximum atomic E-state index is 2.54. The molecular weight excluding hydrogens is 845 g/mol. The Kier molecular flexibility index (Phi) is 42.5. The third kappa shape index (κ3) is 25.0. The molecule has 0 radical (unpaired) electrons. The van der Waals surface area contributed by atoms with Gasteiger partial charge in [-0.05, 0) is 141 Å². The van der Waals surface area contributed by atoms with Crippen molar-refractivity contribution in [3.05, 3.63) is 11.1 Å². The van der Waals surface area contributed by atoms with Gasteiger partial charge in [0.05, 0.1) is 0 Å². The zero-order valence-corrected chi connectivity index (χ0v) is 55.6. The lowest BCUT2D eigenvalue weighted by molar-refractivity contribution is -0.0685. The van der Waals surface area contributed by atoms with E-state index in [2.05, 4.69) is 231 Å². The lowest BCUT2D eigenvalue weighted by Crippen LogP contribution is -2.61. The van der Waals surface area contributed by atoms with Crippen LogP contribution in [0.15, 0.2) is 11.1 Å². The Balaban J connectivity index is -0.000000374. The average molecular weight is 990 g/mol. The first-order valence-corrected chi connectivity index (χ1v) is 31.4. The van der Waals surface area contributed by atoms with Crippen LogP contribution in [0.25, 0.3) is 0 Å². The van der Waals surface area contributed by atoms with Crippen molar-refractivity contribution in [1.29, 1.82) is 0 Å². The number of nitrogens with zero attached hydrogens (tertiary/aromatic N) is 2. The summed E-state index contributed by atoms with van der Waals surface area (Å²) < 4.78 is 0. The second kappa shape index (κ2) is 39.1. The van der Waals surface area contributed by atoms with E-state index < -0.39 is 0 Å². The predicted molar refractivity (Wildman–Crippen MR) is 328 cm³/mol. The van der Waals surface area contributed by atoms with Gasteiger partial charge in [0.1, 0.15) is 0 Å². The first-order valence-electron chi connectivity index (χ1n) is 31.4. The highest BCUT2D eigenvalue weighted by molar-refractivity contribution is 5.11. The smallest absolute Gasteiger partial charge is 0.00553 e. The fourth-order valence-corrected chi connectivity index (χ4v) is 13.7. The number of rotatable bonds is 25. The van der Waals surface area contributed by atoms with Crippen molar-refractivity contribution in [3.63, 3.8) is 0 Å². The van der Waals surface area contributed by atoms with Crippen molar-refractivity contribution in [2.75, 3.05) is 39.3 Å². The first-order chi connectivity index (χ1) is 32.3. The van der Waals surface area contributed by atoms with Crippen LogP contribution in [-0.4, -0.2) is 49.1 Å². The van der Waals surface area contributed by atoms with Gasteiger partial charge in [0.15, 0.2) is 0 Å². The molecule has 2 rings (SSSR count). The summed E-state index contributed by atoms with van der Waals surface area (Å²) in [4.78, 5) is 5.08. The summed E-state index contributed by atoms with van der Waals surface area (Å²) in [7, 11) is 0. The Labute approximate surface area is 449 Å². The second-order valence-corrected chi connectivity index (χ2v) is 27.1. The number of allylic oxidation sites excluding steroid dienone is 2. The summed E-state index contributed by atoms with van der Waals surface area (Å²) in [6.45, 7) is 82.4. The van der Waals surface area contributed by atoms with Crippen LogP contribution < -0.4 is 0 Å². The van der Waals surface area contributed by atoms with Crippen molar-refractivity contribution < 1.29 is 0 Å². The topological polar surface area (TPSA) is 6.48 Å². The van der Waals surface area contributed by atoms with E-state index in [9.17, 15) is 0 Å². The van der Waals surface area contributed by atoms with Crippen LogP contribution in [0.5, 0.6) is 0 Å². The summed E-state index contributed by atoms with van der Waals surface area (Å²) in [5.41, 5.74) is 5.60. The molecule has 0 aliphatic carbocycles. The average Bonchev–Trinajstić information content (AvgIpc) is 3.21. The molecule has 2 heteroatoms. The number of hydrogen-bond donors (Lipinski definition) is 0. The molecule has 0 N–H and O–H groups in total.